The van der Waals surface area contributed by atoms with Gasteiger partial charge in [0.1, 0.15) is 0 Å². The van der Waals surface area contributed by atoms with Gasteiger partial charge in [0.25, 0.3) is 0 Å². The highest BCUT2D eigenvalue weighted by atomic mass is 16.2. The van der Waals surface area contributed by atoms with Crippen LogP contribution in [0.15, 0.2) is 24.3 Å². The van der Waals surface area contributed by atoms with Crippen molar-refractivity contribution in [2.24, 2.45) is 17.3 Å². The summed E-state index contributed by atoms with van der Waals surface area (Å²) in [5.74, 6) is 1.47. The van der Waals surface area contributed by atoms with Gasteiger partial charge >= 0.3 is 0 Å². The molecule has 3 fully saturated rings. The van der Waals surface area contributed by atoms with E-state index in [1.807, 2.05) is 9.80 Å². The maximum Gasteiger partial charge on any atom is 0.225 e. The standard InChI is InChI=1S/C21H28N2O2/c1-15-4-3-5-17(10-15)13-23-14-21(12-19(23)24)6-8-22(9-7-21)20(25)18-11-16(18)2/h3-5,10,16,18H,6-9,11-14H2,1-2H3/t16-,18-/m0/s1. The van der Waals surface area contributed by atoms with E-state index in [4.69, 9.17) is 0 Å². The van der Waals surface area contributed by atoms with E-state index in [0.717, 1.165) is 38.9 Å². The van der Waals surface area contributed by atoms with Crippen molar-refractivity contribution < 1.29 is 9.59 Å². The molecule has 3 aliphatic rings. The Labute approximate surface area is 150 Å². The van der Waals surface area contributed by atoms with Crippen LogP contribution in [-0.4, -0.2) is 41.2 Å². The average Bonchev–Trinajstić information content (AvgIpc) is 3.23. The molecular weight excluding hydrogens is 312 g/mol. The van der Waals surface area contributed by atoms with Crippen LogP contribution in [0.25, 0.3) is 0 Å². The van der Waals surface area contributed by atoms with Crippen LogP contribution < -0.4 is 0 Å². The summed E-state index contributed by atoms with van der Waals surface area (Å²) in [5.41, 5.74) is 2.54. The van der Waals surface area contributed by atoms with Gasteiger partial charge in [-0.3, -0.25) is 9.59 Å². The zero-order valence-corrected chi connectivity index (χ0v) is 15.3. The first-order valence-corrected chi connectivity index (χ1v) is 9.58. The number of likely N-dealkylation sites (tertiary alicyclic amines) is 2. The lowest BCUT2D eigenvalue weighted by molar-refractivity contribution is -0.135. The highest BCUT2D eigenvalue weighted by molar-refractivity contribution is 5.82. The van der Waals surface area contributed by atoms with Crippen LogP contribution in [-0.2, 0) is 16.1 Å². The topological polar surface area (TPSA) is 40.6 Å². The molecule has 4 nitrogen and oxygen atoms in total. The Morgan fingerprint density at radius 2 is 2.00 bits per heavy atom. The Morgan fingerprint density at radius 1 is 1.28 bits per heavy atom. The average molecular weight is 340 g/mol. The molecule has 2 amide bonds. The van der Waals surface area contributed by atoms with Crippen LogP contribution >= 0.6 is 0 Å². The first kappa shape index (κ1) is 16.6. The Hall–Kier alpha value is -1.84. The molecule has 4 rings (SSSR count). The maximum absolute atomic E-state index is 12.6. The Morgan fingerprint density at radius 3 is 2.64 bits per heavy atom. The lowest BCUT2D eigenvalue weighted by Gasteiger charge is -2.39. The minimum atomic E-state index is 0.0901. The zero-order chi connectivity index (χ0) is 17.6. The van der Waals surface area contributed by atoms with E-state index in [1.54, 1.807) is 0 Å². The molecule has 0 N–H and O–H groups in total. The van der Waals surface area contributed by atoms with Crippen LogP contribution in [0.4, 0.5) is 0 Å². The lowest BCUT2D eigenvalue weighted by atomic mass is 9.77. The van der Waals surface area contributed by atoms with Crippen molar-refractivity contribution in [1.29, 1.82) is 0 Å². The molecule has 2 atom stereocenters. The zero-order valence-electron chi connectivity index (χ0n) is 15.3. The summed E-state index contributed by atoms with van der Waals surface area (Å²) in [6.45, 7) is 7.46. The Bertz CT molecular complexity index is 691. The predicted octanol–water partition coefficient (Wildman–Crippen LogP) is 2.99. The van der Waals surface area contributed by atoms with Gasteiger partial charge in [-0.1, -0.05) is 36.8 Å². The number of piperidine rings is 1. The highest BCUT2D eigenvalue weighted by Crippen LogP contribution is 2.44. The SMILES string of the molecule is Cc1cccc(CN2CC3(CCN(C(=O)[C@H]4C[C@@H]4C)CC3)CC2=O)c1. The highest BCUT2D eigenvalue weighted by Gasteiger charge is 2.47. The Balaban J connectivity index is 1.36. The molecule has 2 aliphatic heterocycles. The van der Waals surface area contributed by atoms with E-state index in [9.17, 15) is 9.59 Å². The number of amides is 2. The molecule has 1 spiro atoms. The van der Waals surface area contributed by atoms with E-state index in [1.165, 1.54) is 11.1 Å². The molecule has 0 radical (unpaired) electrons. The summed E-state index contributed by atoms with van der Waals surface area (Å²) >= 11 is 0. The number of carbonyl (C=O) groups is 2. The van der Waals surface area contributed by atoms with Crippen molar-refractivity contribution in [1.82, 2.24) is 9.80 Å². The van der Waals surface area contributed by atoms with Crippen LogP contribution in [0.3, 0.4) is 0 Å². The monoisotopic (exact) mass is 340 g/mol. The van der Waals surface area contributed by atoms with Gasteiger partial charge in [0.05, 0.1) is 0 Å². The van der Waals surface area contributed by atoms with Gasteiger partial charge in [0.2, 0.25) is 11.8 Å². The van der Waals surface area contributed by atoms with Gasteiger partial charge in [-0.25, -0.2) is 0 Å². The molecule has 1 aliphatic carbocycles. The lowest BCUT2D eigenvalue weighted by Crippen LogP contribution is -2.45. The summed E-state index contributed by atoms with van der Waals surface area (Å²) in [6, 6.07) is 8.41. The minimum Gasteiger partial charge on any atom is -0.342 e. The number of hydrogen-bond donors (Lipinski definition) is 0. The van der Waals surface area contributed by atoms with Crippen molar-refractivity contribution in [2.75, 3.05) is 19.6 Å². The van der Waals surface area contributed by atoms with E-state index in [2.05, 4.69) is 38.1 Å². The van der Waals surface area contributed by atoms with E-state index in [0.29, 0.717) is 24.8 Å². The van der Waals surface area contributed by atoms with Gasteiger partial charge in [0.15, 0.2) is 0 Å². The van der Waals surface area contributed by atoms with Crippen molar-refractivity contribution in [3.05, 3.63) is 35.4 Å². The molecule has 1 aromatic carbocycles. The van der Waals surface area contributed by atoms with Gasteiger partial charge in [-0.05, 0) is 37.7 Å². The number of aryl methyl sites for hydroxylation is 1. The van der Waals surface area contributed by atoms with Crippen LogP contribution in [0, 0.1) is 24.2 Å². The van der Waals surface area contributed by atoms with E-state index in [-0.39, 0.29) is 17.2 Å². The second kappa shape index (κ2) is 6.15. The molecular formula is C21H28N2O2. The van der Waals surface area contributed by atoms with Crippen molar-refractivity contribution in [2.45, 2.75) is 46.1 Å². The second-order valence-electron chi connectivity index (χ2n) is 8.56. The fraction of sp³-hybridized carbons (Fsp3) is 0.619. The van der Waals surface area contributed by atoms with Gasteiger partial charge < -0.3 is 9.80 Å². The normalized spacial score (nSPS) is 27.8. The Kier molecular flexibility index (Phi) is 4.09. The first-order chi connectivity index (χ1) is 12.0. The van der Waals surface area contributed by atoms with E-state index >= 15 is 0 Å². The maximum atomic E-state index is 12.6. The van der Waals surface area contributed by atoms with Gasteiger partial charge in [-0.2, -0.15) is 0 Å². The summed E-state index contributed by atoms with van der Waals surface area (Å²) in [4.78, 5) is 29.1. The fourth-order valence-corrected chi connectivity index (χ4v) is 4.59. The largest absolute Gasteiger partial charge is 0.342 e. The quantitative estimate of drug-likeness (QED) is 0.849. The summed E-state index contributed by atoms with van der Waals surface area (Å²) < 4.78 is 0. The summed E-state index contributed by atoms with van der Waals surface area (Å²) in [6.07, 6.45) is 3.65. The number of nitrogens with zero attached hydrogens (tertiary/aromatic N) is 2. The van der Waals surface area contributed by atoms with E-state index < -0.39 is 0 Å². The molecule has 0 unspecified atom stereocenters. The van der Waals surface area contributed by atoms with Gasteiger partial charge in [0, 0.05) is 43.9 Å². The van der Waals surface area contributed by atoms with Crippen molar-refractivity contribution >= 4 is 11.8 Å². The third-order valence-corrected chi connectivity index (χ3v) is 6.42. The molecule has 2 saturated heterocycles. The first-order valence-electron chi connectivity index (χ1n) is 9.58. The summed E-state index contributed by atoms with van der Waals surface area (Å²) in [5, 5.41) is 0. The number of hydrogen-bond acceptors (Lipinski definition) is 2. The number of carbonyl (C=O) groups excluding carboxylic acids is 2. The van der Waals surface area contributed by atoms with Crippen LogP contribution in [0.5, 0.6) is 0 Å². The third-order valence-electron chi connectivity index (χ3n) is 6.42. The second-order valence-corrected chi connectivity index (χ2v) is 8.56. The molecule has 25 heavy (non-hydrogen) atoms. The minimum absolute atomic E-state index is 0.0901. The molecule has 2 heterocycles. The summed E-state index contributed by atoms with van der Waals surface area (Å²) in [7, 11) is 0. The number of benzene rings is 1. The predicted molar refractivity (Wildman–Crippen MR) is 96.7 cm³/mol. The molecule has 0 aromatic heterocycles. The number of rotatable bonds is 3. The smallest absolute Gasteiger partial charge is 0.225 e. The molecule has 4 heteroatoms. The molecule has 1 aromatic rings. The van der Waals surface area contributed by atoms with Crippen molar-refractivity contribution in [3.8, 4) is 0 Å². The van der Waals surface area contributed by atoms with Crippen LogP contribution in [0.2, 0.25) is 0 Å². The molecule has 1 saturated carbocycles. The molecule has 134 valence electrons. The molecule has 0 bridgehead atoms. The van der Waals surface area contributed by atoms with Crippen molar-refractivity contribution in [3.63, 3.8) is 0 Å². The third kappa shape index (κ3) is 3.31. The van der Waals surface area contributed by atoms with Gasteiger partial charge in [-0.15, -0.1) is 0 Å². The van der Waals surface area contributed by atoms with Crippen LogP contribution in [0.1, 0.15) is 43.7 Å². The fourth-order valence-electron chi connectivity index (χ4n) is 4.59.